The van der Waals surface area contributed by atoms with E-state index in [9.17, 15) is 14.0 Å². The van der Waals surface area contributed by atoms with Crippen LogP contribution in [0.4, 0.5) is 4.39 Å². The second-order valence-corrected chi connectivity index (χ2v) is 5.92. The summed E-state index contributed by atoms with van der Waals surface area (Å²) in [6, 6.07) is 2.90. The number of carbonyl (C=O) groups excluding carboxylic acids is 2. The third-order valence-corrected chi connectivity index (χ3v) is 3.24. The Morgan fingerprint density at radius 3 is 2.43 bits per heavy atom. The van der Waals surface area contributed by atoms with E-state index in [2.05, 4.69) is 5.32 Å². The van der Waals surface area contributed by atoms with Crippen LogP contribution in [-0.4, -0.2) is 36.9 Å². The fourth-order valence-corrected chi connectivity index (χ4v) is 2.17. The second-order valence-electron chi connectivity index (χ2n) is 5.51. The van der Waals surface area contributed by atoms with Crippen LogP contribution in [-0.2, 0) is 4.79 Å². The Kier molecular flexibility index (Phi) is 6.15. The van der Waals surface area contributed by atoms with E-state index in [1.807, 2.05) is 13.8 Å². The molecule has 21 heavy (non-hydrogen) atoms. The van der Waals surface area contributed by atoms with Crippen LogP contribution < -0.4 is 5.32 Å². The van der Waals surface area contributed by atoms with E-state index in [0.717, 1.165) is 12.1 Å². The van der Waals surface area contributed by atoms with E-state index < -0.39 is 17.8 Å². The SMILES string of the molecule is CC(C)C[C@@H](NC(=O)c1ccc(F)cc1Cl)C(=O)N(C)C. The number of nitrogens with zero attached hydrogens (tertiary/aromatic N) is 1. The molecule has 0 fully saturated rings. The lowest BCUT2D eigenvalue weighted by molar-refractivity contribution is -0.131. The van der Waals surface area contributed by atoms with Gasteiger partial charge in [-0.25, -0.2) is 4.39 Å². The molecule has 116 valence electrons. The molecule has 1 aromatic rings. The van der Waals surface area contributed by atoms with Gasteiger partial charge >= 0.3 is 0 Å². The number of likely N-dealkylation sites (N-methyl/N-ethyl adjacent to an activating group) is 1. The van der Waals surface area contributed by atoms with E-state index >= 15 is 0 Å². The van der Waals surface area contributed by atoms with E-state index in [1.54, 1.807) is 14.1 Å². The zero-order valence-electron chi connectivity index (χ0n) is 12.6. The number of benzene rings is 1. The topological polar surface area (TPSA) is 49.4 Å². The minimum Gasteiger partial charge on any atom is -0.347 e. The average molecular weight is 315 g/mol. The highest BCUT2D eigenvalue weighted by Crippen LogP contribution is 2.18. The van der Waals surface area contributed by atoms with Crippen molar-refractivity contribution in [3.8, 4) is 0 Å². The maximum Gasteiger partial charge on any atom is 0.253 e. The number of halogens is 2. The number of hydrogen-bond acceptors (Lipinski definition) is 2. The molecular weight excluding hydrogens is 295 g/mol. The van der Waals surface area contributed by atoms with Gasteiger partial charge in [0.15, 0.2) is 0 Å². The van der Waals surface area contributed by atoms with Crippen molar-refractivity contribution in [1.29, 1.82) is 0 Å². The summed E-state index contributed by atoms with van der Waals surface area (Å²) in [5, 5.41) is 2.69. The molecule has 1 rings (SSSR count). The highest BCUT2D eigenvalue weighted by atomic mass is 35.5. The number of hydrogen-bond donors (Lipinski definition) is 1. The Labute approximate surface area is 129 Å². The minimum atomic E-state index is -0.631. The first-order chi connectivity index (χ1) is 9.72. The molecule has 0 aromatic heterocycles. The molecule has 0 unspecified atom stereocenters. The first-order valence-electron chi connectivity index (χ1n) is 6.69. The van der Waals surface area contributed by atoms with Gasteiger partial charge in [-0.3, -0.25) is 9.59 Å². The van der Waals surface area contributed by atoms with Gasteiger partial charge in [0.2, 0.25) is 5.91 Å². The zero-order chi connectivity index (χ0) is 16.2. The Morgan fingerprint density at radius 2 is 1.95 bits per heavy atom. The third kappa shape index (κ3) is 5.01. The number of rotatable bonds is 5. The Morgan fingerprint density at radius 1 is 1.33 bits per heavy atom. The summed E-state index contributed by atoms with van der Waals surface area (Å²) < 4.78 is 13.0. The number of nitrogens with one attached hydrogen (secondary N) is 1. The molecule has 0 radical (unpaired) electrons. The van der Waals surface area contributed by atoms with Gasteiger partial charge in [0.05, 0.1) is 10.6 Å². The van der Waals surface area contributed by atoms with Crippen LogP contribution in [0.2, 0.25) is 5.02 Å². The molecule has 0 spiro atoms. The van der Waals surface area contributed by atoms with Crippen LogP contribution in [0.1, 0.15) is 30.6 Å². The molecule has 0 aliphatic carbocycles. The fourth-order valence-electron chi connectivity index (χ4n) is 1.91. The van der Waals surface area contributed by atoms with Crippen LogP contribution in [0.25, 0.3) is 0 Å². The van der Waals surface area contributed by atoms with Gasteiger partial charge in [-0.2, -0.15) is 0 Å². The summed E-state index contributed by atoms with van der Waals surface area (Å²) in [6.45, 7) is 3.93. The molecule has 0 aliphatic heterocycles. The standard InChI is InChI=1S/C15H20ClFN2O2/c1-9(2)7-13(15(21)19(3)4)18-14(20)11-6-5-10(17)8-12(11)16/h5-6,8-9,13H,7H2,1-4H3,(H,18,20)/t13-/m1/s1. The van der Waals surface area contributed by atoms with Gasteiger partial charge in [0.1, 0.15) is 11.9 Å². The smallest absolute Gasteiger partial charge is 0.253 e. The maximum atomic E-state index is 13.0. The van der Waals surface area contributed by atoms with E-state index in [0.29, 0.717) is 6.42 Å². The molecule has 0 heterocycles. The number of amides is 2. The van der Waals surface area contributed by atoms with Crippen LogP contribution in [0.15, 0.2) is 18.2 Å². The van der Waals surface area contributed by atoms with Crippen LogP contribution in [0.5, 0.6) is 0 Å². The molecule has 0 saturated heterocycles. The molecule has 2 amide bonds. The fraction of sp³-hybridized carbons (Fsp3) is 0.467. The van der Waals surface area contributed by atoms with Crippen molar-refractivity contribution in [3.05, 3.63) is 34.6 Å². The maximum absolute atomic E-state index is 13.0. The summed E-state index contributed by atoms with van der Waals surface area (Å²) >= 11 is 5.86. The molecule has 1 atom stereocenters. The Balaban J connectivity index is 2.92. The Hall–Kier alpha value is -1.62. The largest absolute Gasteiger partial charge is 0.347 e. The minimum absolute atomic E-state index is 0.0214. The van der Waals surface area contributed by atoms with Crippen molar-refractivity contribution in [1.82, 2.24) is 10.2 Å². The molecular formula is C15H20ClFN2O2. The lowest BCUT2D eigenvalue weighted by atomic mass is 10.0. The van der Waals surface area contributed by atoms with Gasteiger partial charge in [-0.15, -0.1) is 0 Å². The number of carbonyl (C=O) groups is 2. The lowest BCUT2D eigenvalue weighted by Crippen LogP contribution is -2.47. The van der Waals surface area contributed by atoms with Gasteiger partial charge in [-0.05, 0) is 30.5 Å². The van der Waals surface area contributed by atoms with Crippen molar-refractivity contribution < 1.29 is 14.0 Å². The van der Waals surface area contributed by atoms with Crippen LogP contribution in [0.3, 0.4) is 0 Å². The first kappa shape index (κ1) is 17.4. The van der Waals surface area contributed by atoms with Crippen LogP contribution >= 0.6 is 11.6 Å². The molecule has 1 aromatic carbocycles. The molecule has 0 saturated carbocycles. The van der Waals surface area contributed by atoms with Crippen molar-refractivity contribution in [3.63, 3.8) is 0 Å². The monoisotopic (exact) mass is 314 g/mol. The van der Waals surface area contributed by atoms with Crippen LogP contribution in [0, 0.1) is 11.7 Å². The predicted octanol–water partition coefficient (Wildman–Crippen LogP) is 2.71. The van der Waals surface area contributed by atoms with E-state index in [4.69, 9.17) is 11.6 Å². The van der Waals surface area contributed by atoms with Crippen molar-refractivity contribution in [2.24, 2.45) is 5.92 Å². The Bertz CT molecular complexity index is 532. The zero-order valence-corrected chi connectivity index (χ0v) is 13.4. The third-order valence-electron chi connectivity index (χ3n) is 2.93. The average Bonchev–Trinajstić information content (AvgIpc) is 2.36. The normalized spacial score (nSPS) is 12.1. The quantitative estimate of drug-likeness (QED) is 0.908. The summed E-state index contributed by atoms with van der Waals surface area (Å²) in [5.41, 5.74) is 0.151. The highest BCUT2D eigenvalue weighted by Gasteiger charge is 2.24. The highest BCUT2D eigenvalue weighted by molar-refractivity contribution is 6.33. The van der Waals surface area contributed by atoms with Crippen molar-refractivity contribution >= 4 is 23.4 Å². The van der Waals surface area contributed by atoms with E-state index in [-0.39, 0.29) is 22.4 Å². The predicted molar refractivity (Wildman–Crippen MR) is 80.8 cm³/mol. The molecule has 1 N–H and O–H groups in total. The first-order valence-corrected chi connectivity index (χ1v) is 7.07. The molecule has 0 aliphatic rings. The molecule has 6 heteroatoms. The lowest BCUT2D eigenvalue weighted by Gasteiger charge is -2.23. The summed E-state index contributed by atoms with van der Waals surface area (Å²) in [7, 11) is 3.26. The summed E-state index contributed by atoms with van der Waals surface area (Å²) in [5.74, 6) is -0.946. The van der Waals surface area contributed by atoms with Crippen molar-refractivity contribution in [2.45, 2.75) is 26.3 Å². The molecule has 4 nitrogen and oxygen atoms in total. The van der Waals surface area contributed by atoms with Gasteiger partial charge < -0.3 is 10.2 Å². The molecule has 0 bridgehead atoms. The summed E-state index contributed by atoms with van der Waals surface area (Å²) in [4.78, 5) is 25.7. The second kappa shape index (κ2) is 7.41. The van der Waals surface area contributed by atoms with Gasteiger partial charge in [0.25, 0.3) is 5.91 Å². The van der Waals surface area contributed by atoms with Crippen molar-refractivity contribution in [2.75, 3.05) is 14.1 Å². The summed E-state index contributed by atoms with van der Waals surface area (Å²) in [6.07, 6.45) is 0.515. The van der Waals surface area contributed by atoms with Gasteiger partial charge in [0, 0.05) is 14.1 Å². The van der Waals surface area contributed by atoms with E-state index in [1.165, 1.54) is 11.0 Å². The van der Waals surface area contributed by atoms with Gasteiger partial charge in [-0.1, -0.05) is 25.4 Å².